The fourth-order valence-electron chi connectivity index (χ4n) is 1.55. The van der Waals surface area contributed by atoms with Crippen LogP contribution in [-0.4, -0.2) is 30.0 Å². The Hall–Kier alpha value is -0.710. The topological polar surface area (TPSA) is 18.5 Å². The van der Waals surface area contributed by atoms with Crippen LogP contribution in [0, 0.1) is 0 Å². The second-order valence-corrected chi connectivity index (χ2v) is 4.90. The molecule has 9 heteroatoms. The predicted molar refractivity (Wildman–Crippen MR) is 71.6 cm³/mol. The summed E-state index contributed by atoms with van der Waals surface area (Å²) in [4.78, 5) is 0. The van der Waals surface area contributed by atoms with Gasteiger partial charge in [0.05, 0.1) is 13.2 Å². The van der Waals surface area contributed by atoms with E-state index in [1.54, 1.807) is 22.6 Å². The second-order valence-electron chi connectivity index (χ2n) is 4.02. The van der Waals surface area contributed by atoms with E-state index in [0.29, 0.717) is 5.75 Å². The third kappa shape index (κ3) is 5.20. The van der Waals surface area contributed by atoms with E-state index in [-0.39, 0.29) is 9.99 Å². The molecule has 1 aromatic rings. The summed E-state index contributed by atoms with van der Waals surface area (Å²) >= 11 is 1.67. The van der Waals surface area contributed by atoms with E-state index >= 15 is 0 Å². The fraction of sp³-hybridized carbons (Fsp3) is 0.500. The van der Waals surface area contributed by atoms with Gasteiger partial charge in [-0.25, -0.2) is 0 Å². The second kappa shape index (κ2) is 7.03. The van der Waals surface area contributed by atoms with Gasteiger partial charge in [-0.15, -0.1) is 0 Å². The average Bonchev–Trinajstić information content (AvgIpc) is 2.36. The normalized spacial score (nSPS) is 14.3. The summed E-state index contributed by atoms with van der Waals surface area (Å²) in [6.07, 6.45) is -16.2. The van der Waals surface area contributed by atoms with Gasteiger partial charge in [0, 0.05) is 4.43 Å². The summed E-state index contributed by atoms with van der Waals surface area (Å²) in [5.74, 6) is 0.321. The molecule has 1 aromatic carbocycles. The van der Waals surface area contributed by atoms with E-state index < -0.39 is 24.6 Å². The molecule has 0 aliphatic heterocycles. The van der Waals surface area contributed by atoms with Crippen LogP contribution in [0.2, 0.25) is 0 Å². The largest absolute Gasteiger partial charge is 0.497 e. The van der Waals surface area contributed by atoms with E-state index in [0.717, 1.165) is 0 Å². The first-order valence-electron chi connectivity index (χ1n) is 5.58. The number of halogens is 7. The van der Waals surface area contributed by atoms with Crippen LogP contribution in [0.25, 0.3) is 0 Å². The minimum absolute atomic E-state index is 0.0758. The number of alkyl halides is 7. The van der Waals surface area contributed by atoms with Crippen molar-refractivity contribution >= 4 is 22.6 Å². The molecular weight excluding hydrogens is 417 g/mol. The van der Waals surface area contributed by atoms with Crippen molar-refractivity contribution in [2.75, 3.05) is 11.5 Å². The van der Waals surface area contributed by atoms with Crippen molar-refractivity contribution in [2.24, 2.45) is 0 Å². The van der Waals surface area contributed by atoms with Gasteiger partial charge in [0.15, 0.2) is 0 Å². The molecule has 1 unspecified atom stereocenters. The van der Waals surface area contributed by atoms with E-state index in [2.05, 4.69) is 4.74 Å². The minimum atomic E-state index is -5.53. The summed E-state index contributed by atoms with van der Waals surface area (Å²) in [6.45, 7) is 0. The number of ether oxygens (including phenoxy) is 2. The quantitative estimate of drug-likeness (QED) is 0.386. The smallest absolute Gasteiger partial charge is 0.423 e. The Balaban J connectivity index is 3.03. The van der Waals surface area contributed by atoms with Crippen molar-refractivity contribution < 1.29 is 35.8 Å². The fourth-order valence-corrected chi connectivity index (χ4v) is 2.27. The molecule has 0 heterocycles. The van der Waals surface area contributed by atoms with Crippen molar-refractivity contribution in [2.45, 2.75) is 24.6 Å². The van der Waals surface area contributed by atoms with Crippen molar-refractivity contribution in [3.05, 3.63) is 29.8 Å². The first kappa shape index (κ1) is 18.3. The van der Waals surface area contributed by atoms with Crippen LogP contribution in [0.4, 0.5) is 26.3 Å². The average molecular weight is 428 g/mol. The third-order valence-electron chi connectivity index (χ3n) is 2.50. The molecule has 0 fully saturated rings. The molecule has 120 valence electrons. The highest BCUT2D eigenvalue weighted by molar-refractivity contribution is 14.1. The number of benzene rings is 1. The van der Waals surface area contributed by atoms with E-state index in [1.807, 2.05) is 0 Å². The minimum Gasteiger partial charge on any atom is -0.497 e. The van der Waals surface area contributed by atoms with Gasteiger partial charge in [-0.1, -0.05) is 34.7 Å². The molecule has 0 spiro atoms. The van der Waals surface area contributed by atoms with Gasteiger partial charge >= 0.3 is 12.4 Å². The van der Waals surface area contributed by atoms with E-state index in [4.69, 9.17) is 4.74 Å². The lowest BCUT2D eigenvalue weighted by molar-refractivity contribution is -0.330. The number of hydrogen-bond donors (Lipinski definition) is 0. The van der Waals surface area contributed by atoms with Crippen LogP contribution < -0.4 is 4.74 Å². The highest BCUT2D eigenvalue weighted by Crippen LogP contribution is 2.39. The van der Waals surface area contributed by atoms with Crippen LogP contribution in [0.1, 0.15) is 11.7 Å². The lowest BCUT2D eigenvalue weighted by atomic mass is 10.1. The lowest BCUT2D eigenvalue weighted by Crippen LogP contribution is -2.45. The zero-order valence-electron chi connectivity index (χ0n) is 10.6. The van der Waals surface area contributed by atoms with Crippen LogP contribution in [0.5, 0.6) is 5.75 Å². The molecule has 0 saturated heterocycles. The Morgan fingerprint density at radius 2 is 1.67 bits per heavy atom. The zero-order chi connectivity index (χ0) is 16.3. The monoisotopic (exact) mass is 428 g/mol. The maximum Gasteiger partial charge on any atom is 0.423 e. The molecule has 1 atom stereocenters. The van der Waals surface area contributed by atoms with Gasteiger partial charge in [0.2, 0.25) is 6.10 Å². The SMILES string of the molecule is COc1cccc(C(CI)OC(C(F)(F)F)C(F)(F)F)c1. The van der Waals surface area contributed by atoms with Crippen LogP contribution >= 0.6 is 22.6 Å². The summed E-state index contributed by atoms with van der Waals surface area (Å²) < 4.78 is 84.1. The molecule has 0 saturated carbocycles. The van der Waals surface area contributed by atoms with Gasteiger partial charge in [0.1, 0.15) is 5.75 Å². The first-order valence-corrected chi connectivity index (χ1v) is 7.11. The highest BCUT2D eigenvalue weighted by Gasteiger charge is 2.58. The number of hydrogen-bond acceptors (Lipinski definition) is 2. The summed E-state index contributed by atoms with van der Waals surface area (Å²) in [6, 6.07) is 5.72. The molecule has 2 nitrogen and oxygen atoms in total. The van der Waals surface area contributed by atoms with E-state index in [1.165, 1.54) is 31.4 Å². The standard InChI is InChI=1S/C12H11F6IO2/c1-20-8-4-2-3-7(5-8)9(6-19)21-10(11(13,14)15)12(16,17)18/h2-5,9-10H,6H2,1H3. The maximum atomic E-state index is 12.5. The van der Waals surface area contributed by atoms with Crippen molar-refractivity contribution in [3.63, 3.8) is 0 Å². The third-order valence-corrected chi connectivity index (χ3v) is 3.30. The Morgan fingerprint density at radius 3 is 2.10 bits per heavy atom. The molecule has 1 rings (SSSR count). The Morgan fingerprint density at radius 1 is 1.10 bits per heavy atom. The van der Waals surface area contributed by atoms with Crippen molar-refractivity contribution in [3.8, 4) is 5.75 Å². The van der Waals surface area contributed by atoms with Gasteiger partial charge in [-0.3, -0.25) is 0 Å². The van der Waals surface area contributed by atoms with Gasteiger partial charge in [-0.2, -0.15) is 26.3 Å². The Labute approximate surface area is 130 Å². The summed E-state index contributed by atoms with van der Waals surface area (Å²) in [7, 11) is 1.34. The number of methoxy groups -OCH3 is 1. The van der Waals surface area contributed by atoms with Gasteiger partial charge in [-0.05, 0) is 17.7 Å². The van der Waals surface area contributed by atoms with Crippen LogP contribution in [-0.2, 0) is 4.74 Å². The predicted octanol–water partition coefficient (Wildman–Crippen LogP) is 4.68. The summed E-state index contributed by atoms with van der Waals surface area (Å²) in [5.41, 5.74) is 0.183. The van der Waals surface area contributed by atoms with Crippen LogP contribution in [0.15, 0.2) is 24.3 Å². The van der Waals surface area contributed by atoms with Crippen LogP contribution in [0.3, 0.4) is 0 Å². The van der Waals surface area contributed by atoms with Crippen molar-refractivity contribution in [1.82, 2.24) is 0 Å². The first-order chi connectivity index (χ1) is 9.59. The molecule has 0 amide bonds. The van der Waals surface area contributed by atoms with E-state index in [9.17, 15) is 26.3 Å². The molecule has 0 N–H and O–H groups in total. The Bertz CT molecular complexity index is 446. The Kier molecular flexibility index (Phi) is 6.14. The molecule has 0 aromatic heterocycles. The molecular formula is C12H11F6IO2. The lowest BCUT2D eigenvalue weighted by Gasteiger charge is -2.27. The molecule has 0 aliphatic carbocycles. The summed E-state index contributed by atoms with van der Waals surface area (Å²) in [5, 5.41) is 0. The maximum absolute atomic E-state index is 12.5. The van der Waals surface area contributed by atoms with Gasteiger partial charge < -0.3 is 9.47 Å². The number of rotatable bonds is 5. The highest BCUT2D eigenvalue weighted by atomic mass is 127. The molecule has 0 radical (unpaired) electrons. The molecule has 0 bridgehead atoms. The molecule has 21 heavy (non-hydrogen) atoms. The van der Waals surface area contributed by atoms with Gasteiger partial charge in [0.25, 0.3) is 0 Å². The van der Waals surface area contributed by atoms with Crippen molar-refractivity contribution in [1.29, 1.82) is 0 Å². The zero-order valence-corrected chi connectivity index (χ0v) is 12.8. The molecule has 0 aliphatic rings.